The maximum atomic E-state index is 12.9. The molecule has 1 aromatic carbocycles. The number of amides is 1. The van der Waals surface area contributed by atoms with Gasteiger partial charge in [0.05, 0.1) is 5.25 Å². The van der Waals surface area contributed by atoms with Crippen LogP contribution >= 0.6 is 40.1 Å². The Bertz CT molecular complexity index is 499. The van der Waals surface area contributed by atoms with Crippen molar-refractivity contribution in [2.75, 3.05) is 13.1 Å². The number of carbonyl (C=O) groups excluding carboxylic acids is 1. The van der Waals surface area contributed by atoms with Crippen LogP contribution in [-0.4, -0.2) is 41.2 Å². The second kappa shape index (κ2) is 8.04. The number of benzene rings is 1. The molecule has 0 aliphatic carbocycles. The van der Waals surface area contributed by atoms with Crippen LogP contribution in [0.5, 0.6) is 0 Å². The lowest BCUT2D eigenvalue weighted by atomic mass is 10.1. The molecule has 6 heteroatoms. The lowest BCUT2D eigenvalue weighted by Crippen LogP contribution is -2.45. The van der Waals surface area contributed by atoms with Gasteiger partial charge in [-0.3, -0.25) is 4.79 Å². The maximum absolute atomic E-state index is 12.9. The summed E-state index contributed by atoms with van der Waals surface area (Å²) in [5.41, 5.74) is 0. The molecular weight excluding hydrogens is 384 g/mol. The van der Waals surface area contributed by atoms with Crippen molar-refractivity contribution >= 4 is 46.0 Å². The molecule has 3 nitrogen and oxygen atoms in total. The van der Waals surface area contributed by atoms with Crippen molar-refractivity contribution in [3.8, 4) is 0 Å². The smallest absolute Gasteiger partial charge is 0.236 e. The SMILES string of the molecule is CC(Sc1ccc(Br)cc1)C(=O)N1C2CCNCC1CC2.Cl. The minimum atomic E-state index is -0.0209. The zero-order chi connectivity index (χ0) is 14.8. The zero-order valence-electron chi connectivity index (χ0n) is 12.6. The number of rotatable bonds is 3. The van der Waals surface area contributed by atoms with Crippen LogP contribution < -0.4 is 5.32 Å². The average Bonchev–Trinajstić information content (AvgIpc) is 2.73. The third-order valence-electron chi connectivity index (χ3n) is 4.38. The largest absolute Gasteiger partial charge is 0.334 e. The van der Waals surface area contributed by atoms with Crippen molar-refractivity contribution in [2.45, 2.75) is 48.4 Å². The van der Waals surface area contributed by atoms with E-state index in [-0.39, 0.29) is 17.7 Å². The van der Waals surface area contributed by atoms with Gasteiger partial charge in [0.25, 0.3) is 0 Å². The lowest BCUT2D eigenvalue weighted by Gasteiger charge is -2.30. The Morgan fingerprint density at radius 2 is 1.95 bits per heavy atom. The predicted octanol–water partition coefficient (Wildman–Crippen LogP) is 3.70. The number of nitrogens with one attached hydrogen (secondary N) is 1. The van der Waals surface area contributed by atoms with Crippen LogP contribution in [0.2, 0.25) is 0 Å². The van der Waals surface area contributed by atoms with Gasteiger partial charge in [-0.1, -0.05) is 15.9 Å². The van der Waals surface area contributed by atoms with Crippen LogP contribution in [0.3, 0.4) is 0 Å². The molecular formula is C16H22BrClN2OS. The Balaban J connectivity index is 0.00000176. The predicted molar refractivity (Wildman–Crippen MR) is 97.9 cm³/mol. The minimum Gasteiger partial charge on any atom is -0.334 e. The lowest BCUT2D eigenvalue weighted by molar-refractivity contribution is -0.132. The van der Waals surface area contributed by atoms with Gasteiger partial charge in [0.2, 0.25) is 5.91 Å². The third kappa shape index (κ3) is 3.99. The maximum Gasteiger partial charge on any atom is 0.236 e. The molecule has 22 heavy (non-hydrogen) atoms. The number of thioether (sulfide) groups is 1. The Labute approximate surface area is 151 Å². The van der Waals surface area contributed by atoms with Crippen molar-refractivity contribution < 1.29 is 4.79 Å². The van der Waals surface area contributed by atoms with Gasteiger partial charge < -0.3 is 10.2 Å². The van der Waals surface area contributed by atoms with Crippen LogP contribution in [-0.2, 0) is 4.79 Å². The van der Waals surface area contributed by atoms with E-state index in [4.69, 9.17) is 0 Å². The van der Waals surface area contributed by atoms with E-state index in [0.29, 0.717) is 18.0 Å². The molecule has 3 atom stereocenters. The summed E-state index contributed by atoms with van der Waals surface area (Å²) in [6, 6.07) is 9.04. The zero-order valence-corrected chi connectivity index (χ0v) is 15.8. The first-order chi connectivity index (χ1) is 10.1. The quantitative estimate of drug-likeness (QED) is 0.778. The highest BCUT2D eigenvalue weighted by Gasteiger charge is 2.39. The van der Waals surface area contributed by atoms with E-state index in [1.807, 2.05) is 19.1 Å². The number of fused-ring (bicyclic) bond motifs is 2. The van der Waals surface area contributed by atoms with Crippen molar-refractivity contribution in [3.63, 3.8) is 0 Å². The molecule has 1 N–H and O–H groups in total. The van der Waals surface area contributed by atoms with Gasteiger partial charge in [-0.15, -0.1) is 24.2 Å². The van der Waals surface area contributed by atoms with Crippen LogP contribution in [0, 0.1) is 0 Å². The van der Waals surface area contributed by atoms with Crippen molar-refractivity contribution in [1.82, 2.24) is 10.2 Å². The normalized spacial score (nSPS) is 25.3. The molecule has 3 unspecified atom stereocenters. The van der Waals surface area contributed by atoms with Gasteiger partial charge in [-0.25, -0.2) is 0 Å². The first-order valence-corrected chi connectivity index (χ1v) is 9.27. The Morgan fingerprint density at radius 1 is 1.27 bits per heavy atom. The monoisotopic (exact) mass is 404 g/mol. The van der Waals surface area contributed by atoms with Crippen LogP contribution in [0.4, 0.5) is 0 Å². The van der Waals surface area contributed by atoms with E-state index in [2.05, 4.69) is 38.3 Å². The first kappa shape index (κ1) is 18.1. The van der Waals surface area contributed by atoms with Gasteiger partial charge in [-0.05, 0) is 57.0 Å². The standard InChI is InChI=1S/C16H21BrN2OS.ClH/c1-11(21-15-6-2-12(17)3-7-15)16(20)19-13-4-5-14(19)10-18-9-8-13;/h2-3,6-7,11,13-14,18H,4-5,8-10H2,1H3;1H. The van der Waals surface area contributed by atoms with Crippen molar-refractivity contribution in [2.24, 2.45) is 0 Å². The molecule has 2 fully saturated rings. The summed E-state index contributed by atoms with van der Waals surface area (Å²) in [6.45, 7) is 4.03. The molecule has 0 radical (unpaired) electrons. The molecule has 1 amide bonds. The highest BCUT2D eigenvalue weighted by atomic mass is 79.9. The van der Waals surface area contributed by atoms with E-state index in [1.54, 1.807) is 11.8 Å². The number of nitrogens with zero attached hydrogens (tertiary/aromatic N) is 1. The fourth-order valence-electron chi connectivity index (χ4n) is 3.32. The van der Waals surface area contributed by atoms with E-state index in [9.17, 15) is 4.79 Å². The summed E-state index contributed by atoms with van der Waals surface area (Å²) in [7, 11) is 0. The molecule has 0 spiro atoms. The van der Waals surface area contributed by atoms with E-state index >= 15 is 0 Å². The van der Waals surface area contributed by atoms with E-state index < -0.39 is 0 Å². The second-order valence-corrected chi connectivity index (χ2v) is 8.17. The average molecular weight is 406 g/mol. The third-order valence-corrected chi connectivity index (χ3v) is 6.01. The van der Waals surface area contributed by atoms with Crippen molar-refractivity contribution in [1.29, 1.82) is 0 Å². The van der Waals surface area contributed by atoms with Crippen LogP contribution in [0.15, 0.2) is 33.6 Å². The Kier molecular flexibility index (Phi) is 6.62. The Morgan fingerprint density at radius 3 is 2.68 bits per heavy atom. The summed E-state index contributed by atoms with van der Waals surface area (Å²) in [6.07, 6.45) is 3.42. The molecule has 2 aliphatic rings. The molecule has 1 aromatic rings. The van der Waals surface area contributed by atoms with Gasteiger partial charge in [-0.2, -0.15) is 0 Å². The highest BCUT2D eigenvalue weighted by Crippen LogP contribution is 2.32. The van der Waals surface area contributed by atoms with Gasteiger partial charge >= 0.3 is 0 Å². The molecule has 122 valence electrons. The molecule has 2 saturated heterocycles. The number of halogens is 2. The number of hydrogen-bond donors (Lipinski definition) is 1. The topological polar surface area (TPSA) is 32.3 Å². The Hall–Kier alpha value is -0.230. The summed E-state index contributed by atoms with van der Waals surface area (Å²) < 4.78 is 1.07. The minimum absolute atomic E-state index is 0. The highest BCUT2D eigenvalue weighted by molar-refractivity contribution is 9.10. The van der Waals surface area contributed by atoms with E-state index in [1.165, 1.54) is 6.42 Å². The van der Waals surface area contributed by atoms with Crippen LogP contribution in [0.25, 0.3) is 0 Å². The number of hydrogen-bond acceptors (Lipinski definition) is 3. The fourth-order valence-corrected chi connectivity index (χ4v) is 4.51. The molecule has 0 aromatic heterocycles. The summed E-state index contributed by atoms with van der Waals surface area (Å²) in [5, 5.41) is 3.43. The fraction of sp³-hybridized carbons (Fsp3) is 0.562. The molecule has 0 saturated carbocycles. The van der Waals surface area contributed by atoms with Crippen molar-refractivity contribution in [3.05, 3.63) is 28.7 Å². The second-order valence-electron chi connectivity index (χ2n) is 5.84. The first-order valence-electron chi connectivity index (χ1n) is 7.60. The molecule has 2 bridgehead atoms. The summed E-state index contributed by atoms with van der Waals surface area (Å²) >= 11 is 5.10. The van der Waals surface area contributed by atoms with E-state index in [0.717, 1.165) is 35.3 Å². The van der Waals surface area contributed by atoms with Crippen LogP contribution in [0.1, 0.15) is 26.2 Å². The van der Waals surface area contributed by atoms with Gasteiger partial charge in [0, 0.05) is 28.0 Å². The van der Waals surface area contributed by atoms with Gasteiger partial charge in [0.1, 0.15) is 0 Å². The molecule has 2 heterocycles. The molecule has 2 aliphatic heterocycles. The summed E-state index contributed by atoms with van der Waals surface area (Å²) in [4.78, 5) is 16.2. The summed E-state index contributed by atoms with van der Waals surface area (Å²) in [5.74, 6) is 0.305. The van der Waals surface area contributed by atoms with Gasteiger partial charge in [0.15, 0.2) is 0 Å². The molecule has 3 rings (SSSR count). The number of carbonyl (C=O) groups is 1.